The van der Waals surface area contributed by atoms with E-state index in [0.717, 1.165) is 6.42 Å². The molecule has 0 radical (unpaired) electrons. The van der Waals surface area contributed by atoms with Gasteiger partial charge in [0.2, 0.25) is 0 Å². The Balaban J connectivity index is 2.36. The Morgan fingerprint density at radius 3 is 2.46 bits per heavy atom. The highest BCUT2D eigenvalue weighted by Gasteiger charge is 2.29. The van der Waals surface area contributed by atoms with Gasteiger partial charge in [-0.1, -0.05) is 13.8 Å². The molecular formula is C11H20O2. The molecule has 1 atom stereocenters. The standard InChI is InChI=1S/C11H20O2/c1-4-13-11(8(2)3)10(12)7-9-5-6-9/h8-9,11H,4-7H2,1-3H3. The van der Waals surface area contributed by atoms with Crippen LogP contribution in [0.15, 0.2) is 0 Å². The minimum atomic E-state index is -0.161. The van der Waals surface area contributed by atoms with Crippen LogP contribution >= 0.6 is 0 Å². The molecule has 0 spiro atoms. The first kappa shape index (κ1) is 10.7. The van der Waals surface area contributed by atoms with E-state index in [9.17, 15) is 4.79 Å². The van der Waals surface area contributed by atoms with Gasteiger partial charge >= 0.3 is 0 Å². The first-order chi connectivity index (χ1) is 6.15. The van der Waals surface area contributed by atoms with Crippen molar-refractivity contribution in [2.75, 3.05) is 6.61 Å². The summed E-state index contributed by atoms with van der Waals surface area (Å²) in [5.74, 6) is 1.29. The lowest BCUT2D eigenvalue weighted by molar-refractivity contribution is -0.133. The molecule has 0 aromatic carbocycles. The topological polar surface area (TPSA) is 26.3 Å². The van der Waals surface area contributed by atoms with Gasteiger partial charge in [-0.15, -0.1) is 0 Å². The average molecular weight is 184 g/mol. The Morgan fingerprint density at radius 1 is 1.46 bits per heavy atom. The summed E-state index contributed by atoms with van der Waals surface area (Å²) in [6, 6.07) is 0. The van der Waals surface area contributed by atoms with Crippen molar-refractivity contribution < 1.29 is 9.53 Å². The van der Waals surface area contributed by atoms with Crippen molar-refractivity contribution in [1.29, 1.82) is 0 Å². The van der Waals surface area contributed by atoms with Crippen LogP contribution in [0.4, 0.5) is 0 Å². The van der Waals surface area contributed by atoms with Crippen molar-refractivity contribution in [3.05, 3.63) is 0 Å². The van der Waals surface area contributed by atoms with Gasteiger partial charge in [-0.2, -0.15) is 0 Å². The first-order valence-corrected chi connectivity index (χ1v) is 5.29. The predicted molar refractivity (Wildman–Crippen MR) is 52.6 cm³/mol. The van der Waals surface area contributed by atoms with Crippen LogP contribution in [0.3, 0.4) is 0 Å². The second-order valence-corrected chi connectivity index (χ2v) is 4.23. The molecule has 2 nitrogen and oxygen atoms in total. The third kappa shape index (κ3) is 3.47. The fourth-order valence-electron chi connectivity index (χ4n) is 1.56. The number of carbonyl (C=O) groups is 1. The van der Waals surface area contributed by atoms with E-state index in [1.54, 1.807) is 0 Å². The predicted octanol–water partition coefficient (Wildman–Crippen LogP) is 2.42. The molecule has 1 aliphatic carbocycles. The highest BCUT2D eigenvalue weighted by Crippen LogP contribution is 2.33. The minimum absolute atomic E-state index is 0.161. The third-order valence-corrected chi connectivity index (χ3v) is 2.46. The van der Waals surface area contributed by atoms with Crippen molar-refractivity contribution in [1.82, 2.24) is 0 Å². The highest BCUT2D eigenvalue weighted by molar-refractivity contribution is 5.83. The Bertz CT molecular complexity index is 171. The summed E-state index contributed by atoms with van der Waals surface area (Å²) in [5, 5.41) is 0. The molecule has 0 aromatic heterocycles. The zero-order valence-corrected chi connectivity index (χ0v) is 8.88. The number of hydrogen-bond donors (Lipinski definition) is 0. The van der Waals surface area contributed by atoms with Crippen molar-refractivity contribution in [2.24, 2.45) is 11.8 Å². The van der Waals surface area contributed by atoms with Gasteiger partial charge in [0.05, 0.1) is 0 Å². The van der Waals surface area contributed by atoms with Crippen molar-refractivity contribution in [3.63, 3.8) is 0 Å². The molecule has 1 rings (SSSR count). The number of rotatable bonds is 6. The molecule has 1 saturated carbocycles. The molecular weight excluding hydrogens is 164 g/mol. The smallest absolute Gasteiger partial charge is 0.162 e. The van der Waals surface area contributed by atoms with Gasteiger partial charge in [-0.3, -0.25) is 4.79 Å². The number of carbonyl (C=O) groups excluding carboxylic acids is 1. The van der Waals surface area contributed by atoms with Gasteiger partial charge in [0.15, 0.2) is 5.78 Å². The lowest BCUT2D eigenvalue weighted by Gasteiger charge is -2.19. The van der Waals surface area contributed by atoms with Crippen LogP contribution in [-0.2, 0) is 9.53 Å². The molecule has 76 valence electrons. The van der Waals surface area contributed by atoms with Crippen LogP contribution < -0.4 is 0 Å². The summed E-state index contributed by atoms with van der Waals surface area (Å²) < 4.78 is 5.44. The molecule has 1 unspecified atom stereocenters. The molecule has 0 aliphatic heterocycles. The second-order valence-electron chi connectivity index (χ2n) is 4.23. The van der Waals surface area contributed by atoms with E-state index in [-0.39, 0.29) is 6.10 Å². The van der Waals surface area contributed by atoms with E-state index in [2.05, 4.69) is 0 Å². The number of ether oxygens (including phenoxy) is 1. The fourth-order valence-corrected chi connectivity index (χ4v) is 1.56. The van der Waals surface area contributed by atoms with Crippen LogP contribution in [-0.4, -0.2) is 18.5 Å². The van der Waals surface area contributed by atoms with Gasteiger partial charge in [0, 0.05) is 13.0 Å². The van der Waals surface area contributed by atoms with E-state index in [1.165, 1.54) is 12.8 Å². The van der Waals surface area contributed by atoms with E-state index >= 15 is 0 Å². The normalized spacial score (nSPS) is 19.1. The van der Waals surface area contributed by atoms with Gasteiger partial charge < -0.3 is 4.74 Å². The van der Waals surface area contributed by atoms with Gasteiger partial charge in [0.25, 0.3) is 0 Å². The average Bonchev–Trinajstić information content (AvgIpc) is 2.83. The highest BCUT2D eigenvalue weighted by atomic mass is 16.5. The number of Topliss-reactive ketones (excluding diaryl/α,β-unsaturated/α-hetero) is 1. The number of hydrogen-bond acceptors (Lipinski definition) is 2. The molecule has 0 saturated heterocycles. The zero-order chi connectivity index (χ0) is 9.84. The van der Waals surface area contributed by atoms with Crippen molar-refractivity contribution >= 4 is 5.78 Å². The molecule has 0 amide bonds. The molecule has 2 heteroatoms. The van der Waals surface area contributed by atoms with Crippen LogP contribution in [0.5, 0.6) is 0 Å². The lowest BCUT2D eigenvalue weighted by Crippen LogP contribution is -2.30. The summed E-state index contributed by atoms with van der Waals surface area (Å²) in [5.41, 5.74) is 0. The van der Waals surface area contributed by atoms with Crippen LogP contribution in [0.25, 0.3) is 0 Å². The maximum Gasteiger partial charge on any atom is 0.162 e. The van der Waals surface area contributed by atoms with E-state index in [4.69, 9.17) is 4.74 Å². The number of ketones is 1. The Kier molecular flexibility index (Phi) is 3.91. The van der Waals surface area contributed by atoms with Crippen LogP contribution in [0.2, 0.25) is 0 Å². The SMILES string of the molecule is CCOC(C(=O)CC1CC1)C(C)C. The largest absolute Gasteiger partial charge is 0.370 e. The maximum absolute atomic E-state index is 11.7. The molecule has 1 aliphatic rings. The first-order valence-electron chi connectivity index (χ1n) is 5.29. The summed E-state index contributed by atoms with van der Waals surface area (Å²) >= 11 is 0. The van der Waals surface area contributed by atoms with Crippen LogP contribution in [0.1, 0.15) is 40.0 Å². The van der Waals surface area contributed by atoms with Gasteiger partial charge in [-0.05, 0) is 31.6 Å². The Labute approximate surface area is 80.7 Å². The van der Waals surface area contributed by atoms with Crippen molar-refractivity contribution in [3.8, 4) is 0 Å². The quantitative estimate of drug-likeness (QED) is 0.633. The molecule has 0 N–H and O–H groups in total. The summed E-state index contributed by atoms with van der Waals surface area (Å²) in [6.07, 6.45) is 3.05. The second kappa shape index (κ2) is 4.75. The molecule has 0 aromatic rings. The molecule has 1 fully saturated rings. The monoisotopic (exact) mass is 184 g/mol. The fraction of sp³-hybridized carbons (Fsp3) is 0.909. The Morgan fingerprint density at radius 2 is 2.08 bits per heavy atom. The third-order valence-electron chi connectivity index (χ3n) is 2.46. The van der Waals surface area contributed by atoms with E-state index in [1.807, 2.05) is 20.8 Å². The summed E-state index contributed by atoms with van der Waals surface area (Å²) in [7, 11) is 0. The molecule has 0 bridgehead atoms. The summed E-state index contributed by atoms with van der Waals surface area (Å²) in [6.45, 7) is 6.68. The van der Waals surface area contributed by atoms with E-state index < -0.39 is 0 Å². The molecule has 13 heavy (non-hydrogen) atoms. The Hall–Kier alpha value is -0.370. The summed E-state index contributed by atoms with van der Waals surface area (Å²) in [4.78, 5) is 11.7. The van der Waals surface area contributed by atoms with Crippen LogP contribution in [0, 0.1) is 11.8 Å². The zero-order valence-electron chi connectivity index (χ0n) is 8.88. The molecule has 0 heterocycles. The van der Waals surface area contributed by atoms with Gasteiger partial charge in [0.1, 0.15) is 6.10 Å². The van der Waals surface area contributed by atoms with Crippen molar-refractivity contribution in [2.45, 2.75) is 46.1 Å². The lowest BCUT2D eigenvalue weighted by atomic mass is 9.99. The minimum Gasteiger partial charge on any atom is -0.370 e. The van der Waals surface area contributed by atoms with Gasteiger partial charge in [-0.25, -0.2) is 0 Å². The maximum atomic E-state index is 11.7. The van der Waals surface area contributed by atoms with E-state index in [0.29, 0.717) is 24.2 Å².